The van der Waals surface area contributed by atoms with Crippen LogP contribution in [0.2, 0.25) is 0 Å². The summed E-state index contributed by atoms with van der Waals surface area (Å²) < 4.78 is 11.5. The van der Waals surface area contributed by atoms with Crippen molar-refractivity contribution in [1.29, 1.82) is 0 Å². The van der Waals surface area contributed by atoms with E-state index in [1.807, 2.05) is 0 Å². The maximum Gasteiger partial charge on any atom is 0.191 e. The molecule has 2 rings (SSSR count). The van der Waals surface area contributed by atoms with E-state index in [-0.39, 0.29) is 24.0 Å². The average Bonchev–Trinajstić information content (AvgIpc) is 3.23. The average molecular weight is 453 g/mol. The molecule has 0 aromatic heterocycles. The molecule has 0 aromatic rings. The zero-order valence-electron chi connectivity index (χ0n) is 15.2. The molecule has 142 valence electrons. The molecule has 0 aromatic carbocycles. The molecular weight excluding hydrogens is 417 g/mol. The fourth-order valence-electron chi connectivity index (χ4n) is 2.82. The molecule has 0 spiro atoms. The molecule has 0 heterocycles. The molecule has 2 aliphatic carbocycles. The van der Waals surface area contributed by atoms with Gasteiger partial charge in [-0.05, 0) is 51.4 Å². The second kappa shape index (κ2) is 14.1. The smallest absolute Gasteiger partial charge is 0.191 e. The molecule has 2 fully saturated rings. The van der Waals surface area contributed by atoms with Gasteiger partial charge in [0.1, 0.15) is 0 Å². The first-order chi connectivity index (χ1) is 11.4. The lowest BCUT2D eigenvalue weighted by Gasteiger charge is -2.13. The fraction of sp³-hybridized carbons (Fsp3) is 0.944. The van der Waals surface area contributed by atoms with Crippen molar-refractivity contribution >= 4 is 29.9 Å². The van der Waals surface area contributed by atoms with Gasteiger partial charge < -0.3 is 20.1 Å². The predicted molar refractivity (Wildman–Crippen MR) is 110 cm³/mol. The molecule has 2 saturated carbocycles. The summed E-state index contributed by atoms with van der Waals surface area (Å²) in [6.07, 6.45) is 10.4. The maximum absolute atomic E-state index is 5.88. The molecule has 0 bridgehead atoms. The normalized spacial score (nSPS) is 18.5. The van der Waals surface area contributed by atoms with Gasteiger partial charge >= 0.3 is 0 Å². The summed E-state index contributed by atoms with van der Waals surface area (Å²) in [5.41, 5.74) is 0. The number of ether oxygens (including phenoxy) is 2. The quantitative estimate of drug-likeness (QED) is 0.206. The number of guanidine groups is 1. The second-order valence-corrected chi connectivity index (χ2v) is 6.69. The monoisotopic (exact) mass is 453 g/mol. The maximum atomic E-state index is 5.88. The van der Waals surface area contributed by atoms with Gasteiger partial charge in [-0.15, -0.1) is 24.0 Å². The molecule has 0 amide bonds. The van der Waals surface area contributed by atoms with Gasteiger partial charge in [0, 0.05) is 39.5 Å². The van der Waals surface area contributed by atoms with E-state index in [1.54, 1.807) is 0 Å². The van der Waals surface area contributed by atoms with Gasteiger partial charge in [0.15, 0.2) is 5.96 Å². The number of nitrogens with one attached hydrogen (secondary N) is 2. The third kappa shape index (κ3) is 10.7. The van der Waals surface area contributed by atoms with Crippen molar-refractivity contribution in [2.75, 3.05) is 39.5 Å². The highest BCUT2D eigenvalue weighted by atomic mass is 127. The van der Waals surface area contributed by atoms with E-state index in [2.05, 4.69) is 22.5 Å². The van der Waals surface area contributed by atoms with Crippen LogP contribution in [0.3, 0.4) is 0 Å². The zero-order valence-corrected chi connectivity index (χ0v) is 17.6. The Morgan fingerprint density at radius 1 is 1.04 bits per heavy atom. The third-order valence-electron chi connectivity index (χ3n) is 4.38. The van der Waals surface area contributed by atoms with E-state index in [0.29, 0.717) is 6.10 Å². The van der Waals surface area contributed by atoms with Crippen LogP contribution >= 0.6 is 24.0 Å². The number of nitrogens with zero attached hydrogens (tertiary/aromatic N) is 1. The van der Waals surface area contributed by atoms with Crippen molar-refractivity contribution in [3.8, 4) is 0 Å². The number of hydrogen-bond acceptors (Lipinski definition) is 3. The van der Waals surface area contributed by atoms with E-state index >= 15 is 0 Å². The highest BCUT2D eigenvalue weighted by Crippen LogP contribution is 2.28. The lowest BCUT2D eigenvalue weighted by molar-refractivity contribution is 0.0574. The number of hydrogen-bond donors (Lipinski definition) is 2. The molecule has 0 aliphatic heterocycles. The van der Waals surface area contributed by atoms with Crippen LogP contribution in [-0.2, 0) is 9.47 Å². The predicted octanol–water partition coefficient (Wildman–Crippen LogP) is 3.33. The Labute approximate surface area is 164 Å². The van der Waals surface area contributed by atoms with Crippen molar-refractivity contribution in [2.24, 2.45) is 10.9 Å². The van der Waals surface area contributed by atoms with E-state index in [9.17, 15) is 0 Å². The van der Waals surface area contributed by atoms with Gasteiger partial charge in [-0.2, -0.15) is 0 Å². The molecule has 0 unspecified atom stereocenters. The standard InChI is InChI=1S/C18H35N3O2.HI/c1-2-19-18(20-11-5-13-22-15-16-9-10-16)21-12-6-14-23-17-7-3-4-8-17;/h16-17H,2-15H2,1H3,(H2,19,20,21);1H. The molecule has 2 aliphatic rings. The SMILES string of the molecule is CCNC(=NCCCOCC1CC1)NCCCOC1CCCC1.I. The van der Waals surface area contributed by atoms with Gasteiger partial charge in [0.05, 0.1) is 6.10 Å². The summed E-state index contributed by atoms with van der Waals surface area (Å²) in [5.74, 6) is 1.76. The molecule has 0 atom stereocenters. The summed E-state index contributed by atoms with van der Waals surface area (Å²) in [5, 5.41) is 6.67. The fourth-order valence-corrected chi connectivity index (χ4v) is 2.82. The minimum absolute atomic E-state index is 0. The number of rotatable bonds is 12. The summed E-state index contributed by atoms with van der Waals surface area (Å²) in [4.78, 5) is 4.59. The molecule has 2 N–H and O–H groups in total. The van der Waals surface area contributed by atoms with E-state index in [0.717, 1.165) is 64.2 Å². The third-order valence-corrected chi connectivity index (χ3v) is 4.38. The molecule has 5 nitrogen and oxygen atoms in total. The van der Waals surface area contributed by atoms with Crippen molar-refractivity contribution in [3.05, 3.63) is 0 Å². The number of aliphatic imine (C=N–C) groups is 1. The molecular formula is C18H36IN3O2. The Kier molecular flexibility index (Phi) is 12.9. The van der Waals surface area contributed by atoms with Crippen LogP contribution in [0.4, 0.5) is 0 Å². The van der Waals surface area contributed by atoms with Crippen LogP contribution in [0.25, 0.3) is 0 Å². The van der Waals surface area contributed by atoms with Crippen molar-refractivity contribution in [2.45, 2.75) is 64.4 Å². The lowest BCUT2D eigenvalue weighted by Crippen LogP contribution is -2.38. The van der Waals surface area contributed by atoms with Gasteiger partial charge in [0.25, 0.3) is 0 Å². The Bertz CT molecular complexity index is 332. The largest absolute Gasteiger partial charge is 0.381 e. The van der Waals surface area contributed by atoms with Crippen LogP contribution in [0, 0.1) is 5.92 Å². The van der Waals surface area contributed by atoms with Gasteiger partial charge in [-0.1, -0.05) is 12.8 Å². The van der Waals surface area contributed by atoms with E-state index < -0.39 is 0 Å². The Morgan fingerprint density at radius 3 is 2.54 bits per heavy atom. The molecule has 24 heavy (non-hydrogen) atoms. The van der Waals surface area contributed by atoms with Crippen LogP contribution < -0.4 is 10.6 Å². The zero-order chi connectivity index (χ0) is 16.2. The van der Waals surface area contributed by atoms with Gasteiger partial charge in [-0.25, -0.2) is 0 Å². The highest BCUT2D eigenvalue weighted by molar-refractivity contribution is 14.0. The van der Waals surface area contributed by atoms with Crippen LogP contribution in [0.15, 0.2) is 4.99 Å². The van der Waals surface area contributed by atoms with E-state index in [1.165, 1.54) is 38.5 Å². The minimum atomic E-state index is 0. The van der Waals surface area contributed by atoms with Crippen molar-refractivity contribution in [1.82, 2.24) is 10.6 Å². The molecule has 0 saturated heterocycles. The van der Waals surface area contributed by atoms with Crippen LogP contribution in [0.5, 0.6) is 0 Å². The summed E-state index contributed by atoms with van der Waals surface area (Å²) >= 11 is 0. The highest BCUT2D eigenvalue weighted by Gasteiger charge is 2.20. The van der Waals surface area contributed by atoms with E-state index in [4.69, 9.17) is 9.47 Å². The molecule has 6 heteroatoms. The molecule has 0 radical (unpaired) electrons. The first-order valence-electron chi connectivity index (χ1n) is 9.60. The summed E-state index contributed by atoms with van der Waals surface area (Å²) in [6, 6.07) is 0. The van der Waals surface area contributed by atoms with Crippen molar-refractivity contribution in [3.63, 3.8) is 0 Å². The van der Waals surface area contributed by atoms with Gasteiger partial charge in [0.2, 0.25) is 0 Å². The Hall–Kier alpha value is -0.0800. The summed E-state index contributed by atoms with van der Waals surface area (Å²) in [6.45, 7) is 7.35. The minimum Gasteiger partial charge on any atom is -0.381 e. The first kappa shape index (κ1) is 22.0. The Balaban J connectivity index is 0.00000288. The first-order valence-corrected chi connectivity index (χ1v) is 9.60. The topological polar surface area (TPSA) is 54.9 Å². The van der Waals surface area contributed by atoms with Crippen LogP contribution in [-0.4, -0.2) is 51.5 Å². The summed E-state index contributed by atoms with van der Waals surface area (Å²) in [7, 11) is 0. The van der Waals surface area contributed by atoms with Crippen LogP contribution in [0.1, 0.15) is 58.3 Å². The second-order valence-electron chi connectivity index (χ2n) is 6.69. The lowest BCUT2D eigenvalue weighted by atomic mass is 10.3. The Morgan fingerprint density at radius 2 is 1.83 bits per heavy atom. The number of halogens is 1. The van der Waals surface area contributed by atoms with Gasteiger partial charge in [-0.3, -0.25) is 4.99 Å². The van der Waals surface area contributed by atoms with Crippen molar-refractivity contribution < 1.29 is 9.47 Å².